The lowest BCUT2D eigenvalue weighted by atomic mass is 10.2. The zero-order valence-corrected chi connectivity index (χ0v) is 12.4. The number of pyridine rings is 1. The minimum Gasteiger partial charge on any atom is -0.489 e. The molecule has 0 spiro atoms. The van der Waals surface area contributed by atoms with Gasteiger partial charge in [0.1, 0.15) is 12.4 Å². The Morgan fingerprint density at radius 2 is 1.84 bits per heavy atom. The van der Waals surface area contributed by atoms with Crippen LogP contribution in [0.1, 0.15) is 5.56 Å². The lowest BCUT2D eigenvalue weighted by Crippen LogP contribution is -1.95. The van der Waals surface area contributed by atoms with E-state index in [2.05, 4.69) is 45.8 Å². The van der Waals surface area contributed by atoms with Crippen molar-refractivity contribution < 1.29 is 4.74 Å². The number of halogens is 1. The van der Waals surface area contributed by atoms with E-state index in [4.69, 9.17) is 4.74 Å². The molecule has 0 aliphatic carbocycles. The topological polar surface area (TPSA) is 22.1 Å². The van der Waals surface area contributed by atoms with Crippen LogP contribution in [-0.4, -0.2) is 4.98 Å². The number of nitrogens with zero attached hydrogens (tertiary/aromatic N) is 1. The summed E-state index contributed by atoms with van der Waals surface area (Å²) in [5.41, 5.74) is 1.17. The van der Waals surface area contributed by atoms with Crippen molar-refractivity contribution >= 4 is 33.4 Å². The molecule has 2 nitrogen and oxygen atoms in total. The van der Waals surface area contributed by atoms with E-state index >= 15 is 0 Å². The molecular weight excluding hydrogens is 349 g/mol. The summed E-state index contributed by atoms with van der Waals surface area (Å²) < 4.78 is 6.97. The molecule has 3 heteroatoms. The molecule has 0 unspecified atom stereocenters. The van der Waals surface area contributed by atoms with Crippen LogP contribution in [0.2, 0.25) is 0 Å². The normalized spacial score (nSPS) is 10.6. The fourth-order valence-corrected chi connectivity index (χ4v) is 2.57. The monoisotopic (exact) mass is 361 g/mol. The van der Waals surface area contributed by atoms with Gasteiger partial charge in [-0.2, -0.15) is 0 Å². The van der Waals surface area contributed by atoms with Crippen LogP contribution in [0.25, 0.3) is 10.8 Å². The van der Waals surface area contributed by atoms with Crippen LogP contribution >= 0.6 is 22.6 Å². The van der Waals surface area contributed by atoms with E-state index < -0.39 is 0 Å². The number of fused-ring (bicyclic) bond motifs is 1. The van der Waals surface area contributed by atoms with Crippen molar-refractivity contribution in [2.75, 3.05) is 0 Å². The van der Waals surface area contributed by atoms with E-state index in [1.54, 1.807) is 0 Å². The second-order valence-corrected chi connectivity index (χ2v) is 5.44. The summed E-state index contributed by atoms with van der Waals surface area (Å²) >= 11 is 2.30. The van der Waals surface area contributed by atoms with Gasteiger partial charge < -0.3 is 4.74 Å². The quantitative estimate of drug-likeness (QED) is 0.645. The Morgan fingerprint density at radius 1 is 1.00 bits per heavy atom. The molecule has 0 aliphatic heterocycles. The smallest absolute Gasteiger partial charge is 0.120 e. The van der Waals surface area contributed by atoms with Crippen molar-refractivity contribution in [3.8, 4) is 5.75 Å². The molecule has 2 aromatic carbocycles. The van der Waals surface area contributed by atoms with Crippen molar-refractivity contribution in [2.45, 2.75) is 6.61 Å². The molecule has 1 aromatic heterocycles. The Morgan fingerprint density at radius 3 is 2.68 bits per heavy atom. The van der Waals surface area contributed by atoms with Crippen molar-refractivity contribution in [2.24, 2.45) is 0 Å². The lowest BCUT2D eigenvalue weighted by Gasteiger charge is -2.08. The Bertz CT molecular complexity index is 697. The maximum absolute atomic E-state index is 5.83. The van der Waals surface area contributed by atoms with Gasteiger partial charge in [-0.3, -0.25) is 4.98 Å². The van der Waals surface area contributed by atoms with Crippen molar-refractivity contribution in [3.05, 3.63) is 70.1 Å². The highest BCUT2D eigenvalue weighted by molar-refractivity contribution is 14.1. The molecule has 3 rings (SSSR count). The first-order valence-corrected chi connectivity index (χ1v) is 7.11. The molecule has 94 valence electrons. The summed E-state index contributed by atoms with van der Waals surface area (Å²) in [7, 11) is 0. The van der Waals surface area contributed by atoms with Crippen molar-refractivity contribution in [1.82, 2.24) is 4.98 Å². The molecule has 0 radical (unpaired) electrons. The molecule has 0 N–H and O–H groups in total. The van der Waals surface area contributed by atoms with E-state index in [0.717, 1.165) is 14.7 Å². The van der Waals surface area contributed by atoms with Crippen molar-refractivity contribution in [3.63, 3.8) is 0 Å². The van der Waals surface area contributed by atoms with Crippen LogP contribution in [0.3, 0.4) is 0 Å². The Hall–Kier alpha value is -1.62. The third-order valence-electron chi connectivity index (χ3n) is 2.93. The SMILES string of the molecule is Ic1cncc2ccc(OCc3ccccc3)cc12. The van der Waals surface area contributed by atoms with Gasteiger partial charge in [0.2, 0.25) is 0 Å². The zero-order valence-electron chi connectivity index (χ0n) is 10.2. The first-order chi connectivity index (χ1) is 9.33. The van der Waals surface area contributed by atoms with Gasteiger partial charge in [-0.15, -0.1) is 0 Å². The van der Waals surface area contributed by atoms with Crippen LogP contribution in [0.15, 0.2) is 60.9 Å². The lowest BCUT2D eigenvalue weighted by molar-refractivity contribution is 0.306. The van der Waals surface area contributed by atoms with Crippen LogP contribution in [0.4, 0.5) is 0 Å². The highest BCUT2D eigenvalue weighted by atomic mass is 127. The molecule has 0 fully saturated rings. The third kappa shape index (κ3) is 2.87. The van der Waals surface area contributed by atoms with Gasteiger partial charge in [0.25, 0.3) is 0 Å². The molecule has 0 aliphatic rings. The van der Waals surface area contributed by atoms with Crippen LogP contribution in [-0.2, 0) is 6.61 Å². The predicted octanol–water partition coefficient (Wildman–Crippen LogP) is 4.42. The summed E-state index contributed by atoms with van der Waals surface area (Å²) in [4.78, 5) is 4.19. The number of ether oxygens (including phenoxy) is 1. The molecule has 1 heterocycles. The molecule has 0 saturated heterocycles. The number of aromatic nitrogens is 1. The number of benzene rings is 2. The Labute approximate surface area is 125 Å². The second kappa shape index (κ2) is 5.57. The largest absolute Gasteiger partial charge is 0.489 e. The van der Waals surface area contributed by atoms with E-state index in [0.29, 0.717) is 6.61 Å². The molecule has 19 heavy (non-hydrogen) atoms. The van der Waals surface area contributed by atoms with Crippen molar-refractivity contribution in [1.29, 1.82) is 0 Å². The Kier molecular flexibility index (Phi) is 3.64. The standard InChI is InChI=1S/C16H12INO/c17-16-10-18-9-13-6-7-14(8-15(13)16)19-11-12-4-2-1-3-5-12/h1-10H,11H2. The van der Waals surface area contributed by atoms with E-state index in [1.807, 2.05) is 42.7 Å². The fraction of sp³-hybridized carbons (Fsp3) is 0.0625. The Balaban J connectivity index is 1.84. The minimum absolute atomic E-state index is 0.591. The molecule has 0 atom stereocenters. The summed E-state index contributed by atoms with van der Waals surface area (Å²) in [6, 6.07) is 16.3. The summed E-state index contributed by atoms with van der Waals surface area (Å²) in [5, 5.41) is 2.32. The average Bonchev–Trinajstić information content (AvgIpc) is 2.47. The van der Waals surface area contributed by atoms with E-state index in [-0.39, 0.29) is 0 Å². The third-order valence-corrected chi connectivity index (χ3v) is 3.79. The van der Waals surface area contributed by atoms with Gasteiger partial charge in [0, 0.05) is 26.7 Å². The molecule has 0 saturated carbocycles. The average molecular weight is 361 g/mol. The summed E-state index contributed by atoms with van der Waals surface area (Å²) in [6.45, 7) is 0.591. The predicted molar refractivity (Wildman–Crippen MR) is 85.2 cm³/mol. The van der Waals surface area contributed by atoms with E-state index in [9.17, 15) is 0 Å². The number of hydrogen-bond acceptors (Lipinski definition) is 2. The number of rotatable bonds is 3. The molecule has 3 aromatic rings. The highest BCUT2D eigenvalue weighted by Gasteiger charge is 2.01. The van der Waals surface area contributed by atoms with Crippen LogP contribution in [0.5, 0.6) is 5.75 Å². The molecular formula is C16H12INO. The second-order valence-electron chi connectivity index (χ2n) is 4.28. The summed E-state index contributed by atoms with van der Waals surface area (Å²) in [6.07, 6.45) is 3.74. The van der Waals surface area contributed by atoms with Crippen LogP contribution in [0, 0.1) is 3.57 Å². The number of hydrogen-bond donors (Lipinski definition) is 0. The van der Waals surface area contributed by atoms with Gasteiger partial charge >= 0.3 is 0 Å². The first kappa shape index (κ1) is 12.4. The van der Waals surface area contributed by atoms with Gasteiger partial charge in [-0.05, 0) is 46.4 Å². The van der Waals surface area contributed by atoms with Gasteiger partial charge in [-0.1, -0.05) is 30.3 Å². The van der Waals surface area contributed by atoms with Crippen LogP contribution < -0.4 is 4.74 Å². The van der Waals surface area contributed by atoms with Gasteiger partial charge in [-0.25, -0.2) is 0 Å². The zero-order chi connectivity index (χ0) is 13.1. The maximum Gasteiger partial charge on any atom is 0.120 e. The summed E-state index contributed by atoms with van der Waals surface area (Å²) in [5.74, 6) is 0.889. The fourth-order valence-electron chi connectivity index (χ4n) is 1.94. The minimum atomic E-state index is 0.591. The van der Waals surface area contributed by atoms with E-state index in [1.165, 1.54) is 10.9 Å². The van der Waals surface area contributed by atoms with Gasteiger partial charge in [0.05, 0.1) is 0 Å². The highest BCUT2D eigenvalue weighted by Crippen LogP contribution is 2.24. The van der Waals surface area contributed by atoms with Gasteiger partial charge in [0.15, 0.2) is 0 Å². The maximum atomic E-state index is 5.83. The first-order valence-electron chi connectivity index (χ1n) is 6.03. The molecule has 0 bridgehead atoms. The molecule has 0 amide bonds.